The summed E-state index contributed by atoms with van der Waals surface area (Å²) in [5.41, 5.74) is 14.8. The summed E-state index contributed by atoms with van der Waals surface area (Å²) in [6.45, 7) is 2.25. The maximum Gasteiger partial charge on any atom is 0.245 e. The number of thiol groups is 2. The molecule has 20 nitrogen and oxygen atoms in total. The molecule has 0 spiro atoms. The van der Waals surface area contributed by atoms with E-state index in [0.717, 1.165) is 16.5 Å². The molecule has 0 aliphatic heterocycles. The smallest absolute Gasteiger partial charge is 0.245 e. The van der Waals surface area contributed by atoms with Crippen LogP contribution in [0.3, 0.4) is 0 Å². The molecule has 71 heavy (non-hydrogen) atoms. The second-order valence-electron chi connectivity index (χ2n) is 17.3. The van der Waals surface area contributed by atoms with Crippen molar-refractivity contribution >= 4 is 77.5 Å². The predicted octanol–water partition coefficient (Wildman–Crippen LogP) is -1.34. The molecule has 1 heterocycles. The van der Waals surface area contributed by atoms with Crippen molar-refractivity contribution in [2.75, 3.05) is 24.7 Å². The third-order valence-corrected chi connectivity index (χ3v) is 12.4. The number of aromatic amines is 1. The third kappa shape index (κ3) is 18.0. The molecule has 4 aromatic rings. The lowest BCUT2D eigenvalue weighted by Crippen LogP contribution is -2.62. The minimum atomic E-state index is -1.65. The topological polar surface area (TPSA) is 332 Å². The van der Waals surface area contributed by atoms with E-state index in [9.17, 15) is 48.9 Å². The lowest BCUT2D eigenvalue weighted by molar-refractivity contribution is -0.136. The van der Waals surface area contributed by atoms with E-state index in [4.69, 9.17) is 11.5 Å². The quantitative estimate of drug-likeness (QED) is 0.0222. The number of hydrogen-bond donors (Lipinski definition) is 15. The van der Waals surface area contributed by atoms with E-state index in [-0.39, 0.29) is 43.7 Å². The van der Waals surface area contributed by atoms with Crippen molar-refractivity contribution in [3.8, 4) is 0 Å². The van der Waals surface area contributed by atoms with E-state index in [1.165, 1.54) is 13.8 Å². The van der Waals surface area contributed by atoms with Gasteiger partial charge in [-0.1, -0.05) is 78.9 Å². The number of fused-ring (bicyclic) bond motifs is 1. The molecule has 386 valence electrons. The van der Waals surface area contributed by atoms with Crippen molar-refractivity contribution in [1.29, 1.82) is 0 Å². The van der Waals surface area contributed by atoms with Gasteiger partial charge in [0.15, 0.2) is 0 Å². The van der Waals surface area contributed by atoms with E-state index in [1.54, 1.807) is 36.5 Å². The van der Waals surface area contributed by atoms with Gasteiger partial charge >= 0.3 is 0 Å². The van der Waals surface area contributed by atoms with Crippen LogP contribution in [0.5, 0.6) is 0 Å². The molecular formula is C49H68N10O10S2. The van der Waals surface area contributed by atoms with Crippen molar-refractivity contribution in [3.05, 3.63) is 108 Å². The van der Waals surface area contributed by atoms with Crippen LogP contribution in [-0.4, -0.2) is 147 Å². The number of nitrogens with one attached hydrogen (secondary N) is 8. The predicted molar refractivity (Wildman–Crippen MR) is 275 cm³/mol. The monoisotopic (exact) mass is 1020 g/mol. The first kappa shape index (κ1) is 57.6. The Hall–Kier alpha value is -6.01. The molecule has 4 rings (SSSR count). The first-order valence-corrected chi connectivity index (χ1v) is 24.7. The van der Waals surface area contributed by atoms with Crippen LogP contribution in [0.1, 0.15) is 49.8 Å². The van der Waals surface area contributed by atoms with E-state index in [1.807, 2.05) is 54.6 Å². The van der Waals surface area contributed by atoms with Crippen LogP contribution in [0, 0.1) is 0 Å². The number of para-hydroxylation sites is 1. The lowest BCUT2D eigenvalue weighted by Gasteiger charge is -2.28. The zero-order chi connectivity index (χ0) is 52.0. The second-order valence-corrected chi connectivity index (χ2v) is 18.0. The highest BCUT2D eigenvalue weighted by Gasteiger charge is 2.35. The van der Waals surface area contributed by atoms with Crippen LogP contribution in [0.4, 0.5) is 0 Å². The summed E-state index contributed by atoms with van der Waals surface area (Å²) >= 11 is 8.47. The van der Waals surface area contributed by atoms with Crippen molar-refractivity contribution in [2.24, 2.45) is 11.5 Å². The Bertz CT molecular complexity index is 2360. The number of hydrogen-bond acceptors (Lipinski definition) is 14. The average Bonchev–Trinajstić information content (AvgIpc) is 3.77. The number of aliphatic hydroxyl groups is 3. The summed E-state index contributed by atoms with van der Waals surface area (Å²) in [6.07, 6.45) is -0.0947. The Labute approximate surface area is 423 Å². The van der Waals surface area contributed by atoms with Gasteiger partial charge in [0.1, 0.15) is 36.3 Å². The van der Waals surface area contributed by atoms with Crippen LogP contribution >= 0.6 is 25.3 Å². The molecule has 0 saturated heterocycles. The standard InChI is InChI=1S/C49H68N10O10S2/c1-28(61)39(25-60)56-48(68)41(27-71)58-49(69)42(29(2)62)59-44(64)36(19-11-12-20-50)53-46(66)38(23-32-24-52-35-18-10-9-17-33(32)35)55-45(65)37(22-31-15-7-4-8-16-31)54-47(67)40(26-70)57-43(63)34(51)21-30-13-5-3-6-14-30/h3-10,13-18,24,28-29,34,36-42,52,60-62,70-71H,11-12,19-23,25-27,50-51H2,1-2H3,(H,53,66)(H,54,67)(H,55,65)(H,56,68)(H,57,63)(H,58,69)(H,59,64)/t28-,29-,34+,36+,37+,38-,39-,40+,41+,42+/m1/s1. The van der Waals surface area contributed by atoms with Gasteiger partial charge in [0, 0.05) is 41.4 Å². The molecule has 0 radical (unpaired) electrons. The zero-order valence-corrected chi connectivity index (χ0v) is 41.5. The van der Waals surface area contributed by atoms with E-state index >= 15 is 0 Å². The summed E-state index contributed by atoms with van der Waals surface area (Å²) in [6, 6.07) is 15.0. The number of unbranched alkanes of at least 4 members (excludes halogenated alkanes) is 1. The summed E-state index contributed by atoms with van der Waals surface area (Å²) in [7, 11) is 0. The highest BCUT2D eigenvalue weighted by molar-refractivity contribution is 7.80. The zero-order valence-electron chi connectivity index (χ0n) is 39.8. The SMILES string of the molecule is C[C@@H](O)[C@H](NC(=O)[C@H](CCCCN)NC(=O)[C@@H](Cc1c[nH]c2ccccc12)NC(=O)[C@H](Cc1ccccc1)NC(=O)[C@H](CS)NC(=O)[C@@H](N)Cc1ccccc1)C(=O)N[C@@H](CS)C(=O)N[C@H](CO)[C@@H](C)O. The molecular weight excluding hydrogens is 953 g/mol. The average molecular weight is 1020 g/mol. The number of benzene rings is 3. The molecule has 0 bridgehead atoms. The third-order valence-electron chi connectivity index (χ3n) is 11.7. The fraction of sp³-hybridized carbons (Fsp3) is 0.449. The van der Waals surface area contributed by atoms with Gasteiger partial charge in [-0.05, 0) is 68.8 Å². The van der Waals surface area contributed by atoms with Gasteiger partial charge < -0.3 is 69.0 Å². The van der Waals surface area contributed by atoms with Gasteiger partial charge in [-0.3, -0.25) is 33.6 Å². The van der Waals surface area contributed by atoms with Crippen molar-refractivity contribution in [1.82, 2.24) is 42.2 Å². The molecule has 7 amide bonds. The number of H-pyrrole nitrogens is 1. The van der Waals surface area contributed by atoms with E-state index < -0.39 is 108 Å². The Balaban J connectivity index is 1.61. The van der Waals surface area contributed by atoms with Gasteiger partial charge in [-0.25, -0.2) is 0 Å². The number of aromatic nitrogens is 1. The summed E-state index contributed by atoms with van der Waals surface area (Å²) in [4.78, 5) is 100. The Morgan fingerprint density at radius 3 is 1.59 bits per heavy atom. The van der Waals surface area contributed by atoms with Crippen molar-refractivity contribution in [3.63, 3.8) is 0 Å². The number of aliphatic hydroxyl groups excluding tert-OH is 3. The highest BCUT2D eigenvalue weighted by Crippen LogP contribution is 2.20. The maximum atomic E-state index is 14.6. The second kappa shape index (κ2) is 29.4. The number of nitrogens with two attached hydrogens (primary N) is 2. The number of carbonyl (C=O) groups is 7. The number of amides is 7. The molecule has 0 fully saturated rings. The minimum Gasteiger partial charge on any atom is -0.394 e. The highest BCUT2D eigenvalue weighted by atomic mass is 32.1. The van der Waals surface area contributed by atoms with Gasteiger partial charge in [0.2, 0.25) is 41.4 Å². The van der Waals surface area contributed by atoms with Crippen LogP contribution in [0.15, 0.2) is 91.1 Å². The molecule has 0 saturated carbocycles. The Kier molecular flexibility index (Phi) is 23.8. The fourth-order valence-corrected chi connectivity index (χ4v) is 8.03. The van der Waals surface area contributed by atoms with Crippen LogP contribution in [0.25, 0.3) is 10.9 Å². The Morgan fingerprint density at radius 1 is 0.563 bits per heavy atom. The number of carbonyl (C=O) groups excluding carboxylic acids is 7. The van der Waals surface area contributed by atoms with Gasteiger partial charge in [-0.15, -0.1) is 0 Å². The molecule has 1 aromatic heterocycles. The Morgan fingerprint density at radius 2 is 1.04 bits per heavy atom. The van der Waals surface area contributed by atoms with Gasteiger partial charge in [0.05, 0.1) is 30.9 Å². The van der Waals surface area contributed by atoms with Crippen molar-refractivity contribution in [2.45, 2.75) is 113 Å². The first-order chi connectivity index (χ1) is 34.0. The molecule has 0 aliphatic rings. The minimum absolute atomic E-state index is 0.0127. The molecule has 0 unspecified atom stereocenters. The molecule has 0 aliphatic carbocycles. The van der Waals surface area contributed by atoms with Crippen LogP contribution in [-0.2, 0) is 52.8 Å². The molecule has 10 atom stereocenters. The maximum absolute atomic E-state index is 14.6. The van der Waals surface area contributed by atoms with Crippen LogP contribution < -0.4 is 48.7 Å². The summed E-state index contributed by atoms with van der Waals surface area (Å²) < 4.78 is 0. The molecule has 3 aromatic carbocycles. The van der Waals surface area contributed by atoms with Crippen LogP contribution in [0.2, 0.25) is 0 Å². The normalized spacial score (nSPS) is 15.5. The van der Waals surface area contributed by atoms with Gasteiger partial charge in [0.25, 0.3) is 0 Å². The van der Waals surface area contributed by atoms with Gasteiger partial charge in [-0.2, -0.15) is 25.3 Å². The van der Waals surface area contributed by atoms with Crippen molar-refractivity contribution < 1.29 is 48.9 Å². The summed E-state index contributed by atoms with van der Waals surface area (Å²) in [5, 5.41) is 49.2. The lowest BCUT2D eigenvalue weighted by atomic mass is 10.0. The fourth-order valence-electron chi connectivity index (χ4n) is 7.52. The van der Waals surface area contributed by atoms with E-state index in [2.05, 4.69) is 67.5 Å². The summed E-state index contributed by atoms with van der Waals surface area (Å²) in [5.74, 6) is -5.96. The number of rotatable bonds is 29. The largest absolute Gasteiger partial charge is 0.394 e. The van der Waals surface area contributed by atoms with E-state index in [0.29, 0.717) is 24.0 Å². The first-order valence-electron chi connectivity index (χ1n) is 23.4. The molecule has 22 heteroatoms. The molecule has 15 N–H and O–H groups in total.